The lowest BCUT2D eigenvalue weighted by atomic mass is 10.1. The van der Waals surface area contributed by atoms with Crippen molar-refractivity contribution in [3.8, 4) is 0 Å². The minimum Gasteiger partial charge on any atom is -0.307 e. The van der Waals surface area contributed by atoms with Crippen molar-refractivity contribution in [3.05, 3.63) is 21.9 Å². The van der Waals surface area contributed by atoms with Crippen LogP contribution in [-0.2, 0) is 13.1 Å². The molecular weight excluding hydrogens is 278 g/mol. The maximum absolute atomic E-state index is 3.56. The molecule has 0 spiro atoms. The first-order valence-electron chi connectivity index (χ1n) is 8.12. The molecule has 0 aliphatic carbocycles. The number of nitrogens with zero attached hydrogens (tertiary/aromatic N) is 2. The van der Waals surface area contributed by atoms with Gasteiger partial charge in [-0.15, -0.1) is 11.3 Å². The van der Waals surface area contributed by atoms with Gasteiger partial charge in [-0.3, -0.25) is 9.80 Å². The van der Waals surface area contributed by atoms with Crippen molar-refractivity contribution in [2.45, 2.75) is 59.3 Å². The van der Waals surface area contributed by atoms with Crippen LogP contribution >= 0.6 is 11.3 Å². The molecule has 0 saturated carbocycles. The van der Waals surface area contributed by atoms with E-state index in [0.29, 0.717) is 6.04 Å². The average Bonchev–Trinajstić information content (AvgIpc) is 2.84. The van der Waals surface area contributed by atoms with Crippen molar-refractivity contribution < 1.29 is 0 Å². The second-order valence-electron chi connectivity index (χ2n) is 7.38. The lowest BCUT2D eigenvalue weighted by Gasteiger charge is -2.36. The lowest BCUT2D eigenvalue weighted by molar-refractivity contribution is 0.105. The maximum atomic E-state index is 3.56. The van der Waals surface area contributed by atoms with E-state index in [1.165, 1.54) is 35.9 Å². The molecule has 1 aliphatic rings. The van der Waals surface area contributed by atoms with Crippen LogP contribution in [0, 0.1) is 0 Å². The molecule has 0 radical (unpaired) electrons. The number of piperazine rings is 1. The zero-order chi connectivity index (χ0) is 15.5. The third-order valence-corrected chi connectivity index (χ3v) is 5.10. The Labute approximate surface area is 134 Å². The summed E-state index contributed by atoms with van der Waals surface area (Å²) in [6, 6.07) is 5.27. The van der Waals surface area contributed by atoms with Crippen LogP contribution in [0.4, 0.5) is 0 Å². The van der Waals surface area contributed by atoms with E-state index in [-0.39, 0.29) is 5.54 Å². The summed E-state index contributed by atoms with van der Waals surface area (Å²) in [6.45, 7) is 18.2. The van der Waals surface area contributed by atoms with Crippen molar-refractivity contribution in [1.29, 1.82) is 0 Å². The zero-order valence-corrected chi connectivity index (χ0v) is 15.1. The van der Waals surface area contributed by atoms with Gasteiger partial charge in [-0.2, -0.15) is 0 Å². The predicted octanol–water partition coefficient (Wildman–Crippen LogP) is 3.16. The van der Waals surface area contributed by atoms with E-state index < -0.39 is 0 Å². The molecule has 0 atom stereocenters. The molecular formula is C17H31N3S. The van der Waals surface area contributed by atoms with E-state index >= 15 is 0 Å². The van der Waals surface area contributed by atoms with E-state index in [2.05, 4.69) is 61.9 Å². The van der Waals surface area contributed by atoms with E-state index in [1.54, 1.807) is 0 Å². The molecule has 1 N–H and O–H groups in total. The highest BCUT2D eigenvalue weighted by Crippen LogP contribution is 2.20. The van der Waals surface area contributed by atoms with Crippen LogP contribution in [0.15, 0.2) is 12.1 Å². The number of hydrogen-bond acceptors (Lipinski definition) is 4. The standard InChI is InChI=1S/C17H31N3S/c1-14(2)20-10-8-19(9-11-20)13-16-7-6-15(21-16)12-18-17(3,4)5/h6-7,14,18H,8-13H2,1-5H3. The Balaban J connectivity index is 1.78. The molecule has 120 valence electrons. The first kappa shape index (κ1) is 16.9. The van der Waals surface area contributed by atoms with Crippen molar-refractivity contribution >= 4 is 11.3 Å². The van der Waals surface area contributed by atoms with Crippen molar-refractivity contribution in [2.24, 2.45) is 0 Å². The van der Waals surface area contributed by atoms with Crippen LogP contribution in [0.25, 0.3) is 0 Å². The molecule has 2 rings (SSSR count). The van der Waals surface area contributed by atoms with E-state index in [0.717, 1.165) is 13.1 Å². The number of rotatable bonds is 5. The molecule has 2 heterocycles. The molecule has 0 aromatic carbocycles. The van der Waals surface area contributed by atoms with Gasteiger partial charge in [0.05, 0.1) is 0 Å². The zero-order valence-electron chi connectivity index (χ0n) is 14.3. The minimum atomic E-state index is 0.192. The molecule has 21 heavy (non-hydrogen) atoms. The highest BCUT2D eigenvalue weighted by Gasteiger charge is 2.19. The quantitative estimate of drug-likeness (QED) is 0.901. The predicted molar refractivity (Wildman–Crippen MR) is 92.9 cm³/mol. The Morgan fingerprint density at radius 2 is 1.71 bits per heavy atom. The van der Waals surface area contributed by atoms with Gasteiger partial charge in [0.25, 0.3) is 0 Å². The first-order chi connectivity index (χ1) is 9.83. The summed E-state index contributed by atoms with van der Waals surface area (Å²) in [5.41, 5.74) is 0.192. The van der Waals surface area contributed by atoms with Gasteiger partial charge < -0.3 is 5.32 Å². The summed E-state index contributed by atoms with van der Waals surface area (Å²) < 4.78 is 0. The van der Waals surface area contributed by atoms with Crippen molar-refractivity contribution in [3.63, 3.8) is 0 Å². The maximum Gasteiger partial charge on any atom is 0.0329 e. The minimum absolute atomic E-state index is 0.192. The highest BCUT2D eigenvalue weighted by molar-refractivity contribution is 7.11. The van der Waals surface area contributed by atoms with Gasteiger partial charge in [-0.1, -0.05) is 0 Å². The first-order valence-corrected chi connectivity index (χ1v) is 8.94. The fraction of sp³-hybridized carbons (Fsp3) is 0.765. The molecule has 0 unspecified atom stereocenters. The van der Waals surface area contributed by atoms with Crippen LogP contribution < -0.4 is 5.32 Å². The van der Waals surface area contributed by atoms with E-state index in [1.807, 2.05) is 11.3 Å². The molecule has 1 aromatic heterocycles. The van der Waals surface area contributed by atoms with E-state index in [4.69, 9.17) is 0 Å². The molecule has 0 bridgehead atoms. The number of thiophene rings is 1. The summed E-state index contributed by atoms with van der Waals surface area (Å²) >= 11 is 1.96. The third-order valence-electron chi connectivity index (χ3n) is 4.03. The average molecular weight is 310 g/mol. The molecule has 0 amide bonds. The van der Waals surface area contributed by atoms with Gasteiger partial charge in [-0.05, 0) is 46.8 Å². The van der Waals surface area contributed by atoms with Gasteiger partial charge in [0, 0.05) is 60.6 Å². The summed E-state index contributed by atoms with van der Waals surface area (Å²) in [4.78, 5) is 8.11. The van der Waals surface area contributed by atoms with Crippen molar-refractivity contribution in [2.75, 3.05) is 26.2 Å². The highest BCUT2D eigenvalue weighted by atomic mass is 32.1. The van der Waals surface area contributed by atoms with Crippen LogP contribution in [0.1, 0.15) is 44.4 Å². The summed E-state index contributed by atoms with van der Waals surface area (Å²) in [6.07, 6.45) is 0. The largest absolute Gasteiger partial charge is 0.307 e. The van der Waals surface area contributed by atoms with Crippen LogP contribution in [0.2, 0.25) is 0 Å². The van der Waals surface area contributed by atoms with Crippen LogP contribution in [0.3, 0.4) is 0 Å². The SMILES string of the molecule is CC(C)N1CCN(Cc2ccc(CNC(C)(C)C)s2)CC1. The Morgan fingerprint density at radius 1 is 1.10 bits per heavy atom. The second-order valence-corrected chi connectivity index (χ2v) is 8.63. The fourth-order valence-corrected chi connectivity index (χ4v) is 3.61. The fourth-order valence-electron chi connectivity index (χ4n) is 2.61. The summed E-state index contributed by atoms with van der Waals surface area (Å²) in [7, 11) is 0. The van der Waals surface area contributed by atoms with Crippen LogP contribution in [-0.4, -0.2) is 47.6 Å². The van der Waals surface area contributed by atoms with E-state index in [9.17, 15) is 0 Å². The van der Waals surface area contributed by atoms with Crippen molar-refractivity contribution in [1.82, 2.24) is 15.1 Å². The normalized spacial score (nSPS) is 18.6. The van der Waals surface area contributed by atoms with Gasteiger partial charge in [0.1, 0.15) is 0 Å². The molecule has 1 fully saturated rings. The molecule has 4 heteroatoms. The Hall–Kier alpha value is -0.420. The number of hydrogen-bond donors (Lipinski definition) is 1. The Bertz CT molecular complexity index is 425. The lowest BCUT2D eigenvalue weighted by Crippen LogP contribution is -2.48. The summed E-state index contributed by atoms with van der Waals surface area (Å²) in [5.74, 6) is 0. The molecule has 1 aromatic rings. The van der Waals surface area contributed by atoms with Gasteiger partial charge in [-0.25, -0.2) is 0 Å². The second kappa shape index (κ2) is 7.23. The monoisotopic (exact) mass is 309 g/mol. The third kappa shape index (κ3) is 5.70. The number of nitrogens with one attached hydrogen (secondary N) is 1. The summed E-state index contributed by atoms with van der Waals surface area (Å²) in [5, 5.41) is 3.56. The molecule has 1 aliphatic heterocycles. The smallest absolute Gasteiger partial charge is 0.0329 e. The van der Waals surface area contributed by atoms with Crippen LogP contribution in [0.5, 0.6) is 0 Å². The Kier molecular flexibility index (Phi) is 5.83. The van der Waals surface area contributed by atoms with Gasteiger partial charge in [0.15, 0.2) is 0 Å². The molecule has 3 nitrogen and oxygen atoms in total. The topological polar surface area (TPSA) is 18.5 Å². The molecule has 1 saturated heterocycles. The van der Waals surface area contributed by atoms with Gasteiger partial charge >= 0.3 is 0 Å². The van der Waals surface area contributed by atoms with Gasteiger partial charge in [0.2, 0.25) is 0 Å². The Morgan fingerprint density at radius 3 is 2.29 bits per heavy atom.